The van der Waals surface area contributed by atoms with E-state index in [1.54, 1.807) is 25.4 Å². The van der Waals surface area contributed by atoms with Crippen molar-refractivity contribution >= 4 is 5.82 Å². The first kappa shape index (κ1) is 19.6. The highest BCUT2D eigenvalue weighted by molar-refractivity contribution is 5.42. The van der Waals surface area contributed by atoms with Gasteiger partial charge in [-0.2, -0.15) is 0 Å². The summed E-state index contributed by atoms with van der Waals surface area (Å²) in [7, 11) is 0. The summed E-state index contributed by atoms with van der Waals surface area (Å²) < 4.78 is 0. The molecule has 0 radical (unpaired) electrons. The zero-order valence-electron chi connectivity index (χ0n) is 15.9. The second-order valence-electron chi connectivity index (χ2n) is 7.03. The van der Waals surface area contributed by atoms with E-state index in [4.69, 9.17) is 10.2 Å². The molecule has 2 bridgehead atoms. The van der Waals surface area contributed by atoms with Crippen LogP contribution in [-0.2, 0) is 6.61 Å². The molecule has 0 spiro atoms. The number of hydrogen-bond donors (Lipinski definition) is 3. The Kier molecular flexibility index (Phi) is 6.65. The molecule has 3 unspecified atom stereocenters. The van der Waals surface area contributed by atoms with Crippen molar-refractivity contribution in [1.29, 1.82) is 0 Å². The maximum Gasteiger partial charge on any atom is 0.156 e. The maximum absolute atomic E-state index is 9.11. The van der Waals surface area contributed by atoms with Crippen LogP contribution in [-0.4, -0.2) is 55.3 Å². The van der Waals surface area contributed by atoms with Crippen molar-refractivity contribution in [3.05, 3.63) is 41.9 Å². The monoisotopic (exact) mass is 372 g/mol. The first-order valence-corrected chi connectivity index (χ1v) is 9.48. The van der Waals surface area contributed by atoms with Crippen LogP contribution in [0.25, 0.3) is 0 Å². The molecule has 0 amide bonds. The molecule has 0 aromatic carbocycles. The minimum atomic E-state index is -0.570. The fourth-order valence-electron chi connectivity index (χ4n) is 3.63. The molecule has 4 heterocycles. The first-order chi connectivity index (χ1) is 13.1. The predicted molar refractivity (Wildman–Crippen MR) is 102 cm³/mol. The number of aliphatic hydroxyl groups excluding tert-OH is 2. The summed E-state index contributed by atoms with van der Waals surface area (Å²) in [6.45, 7) is 5.50. The summed E-state index contributed by atoms with van der Waals surface area (Å²) in [6, 6.07) is 4.84. The molecule has 2 aromatic rings. The van der Waals surface area contributed by atoms with Gasteiger partial charge in [0.1, 0.15) is 18.5 Å². The van der Waals surface area contributed by atoms with Gasteiger partial charge >= 0.3 is 0 Å². The number of aryl methyl sites for hydroxylation is 1. The van der Waals surface area contributed by atoms with E-state index in [2.05, 4.69) is 30.2 Å². The molecule has 0 saturated carbocycles. The summed E-state index contributed by atoms with van der Waals surface area (Å²) in [6.07, 6.45) is 6.57. The second kappa shape index (κ2) is 9.16. The average Bonchev–Trinajstić information content (AvgIpc) is 2.68. The van der Waals surface area contributed by atoms with E-state index >= 15 is 0 Å². The van der Waals surface area contributed by atoms with Crippen LogP contribution >= 0.6 is 0 Å². The van der Waals surface area contributed by atoms with Crippen LogP contribution in [0.1, 0.15) is 49.6 Å². The minimum Gasteiger partial charge on any atom is -0.388 e. The van der Waals surface area contributed by atoms with E-state index in [-0.39, 0.29) is 6.61 Å². The SMILES string of the molecule is Cc1ccnc(C(C)O)n1.OCc1nccc(N2C3CCCC2CNC3)n1. The van der Waals surface area contributed by atoms with Crippen LogP contribution in [0.15, 0.2) is 24.5 Å². The van der Waals surface area contributed by atoms with E-state index in [1.165, 1.54) is 19.3 Å². The van der Waals surface area contributed by atoms with Crippen molar-refractivity contribution in [2.75, 3.05) is 18.0 Å². The van der Waals surface area contributed by atoms with E-state index in [9.17, 15) is 0 Å². The third-order valence-corrected chi connectivity index (χ3v) is 4.91. The number of piperazine rings is 1. The molecule has 2 aliphatic heterocycles. The zero-order chi connectivity index (χ0) is 19.2. The van der Waals surface area contributed by atoms with Crippen LogP contribution in [0.2, 0.25) is 0 Å². The van der Waals surface area contributed by atoms with Gasteiger partial charge in [-0.15, -0.1) is 0 Å². The number of piperidine rings is 1. The maximum atomic E-state index is 9.11. The number of fused-ring (bicyclic) bond motifs is 2. The Morgan fingerprint density at radius 1 is 1.15 bits per heavy atom. The van der Waals surface area contributed by atoms with Gasteiger partial charge in [0.2, 0.25) is 0 Å². The highest BCUT2D eigenvalue weighted by atomic mass is 16.3. The van der Waals surface area contributed by atoms with Gasteiger partial charge in [0.05, 0.1) is 0 Å². The Balaban J connectivity index is 0.000000180. The van der Waals surface area contributed by atoms with Crippen molar-refractivity contribution in [1.82, 2.24) is 25.3 Å². The van der Waals surface area contributed by atoms with Gasteiger partial charge in [-0.1, -0.05) is 0 Å². The van der Waals surface area contributed by atoms with E-state index < -0.39 is 6.10 Å². The van der Waals surface area contributed by atoms with Gasteiger partial charge in [0.25, 0.3) is 0 Å². The van der Waals surface area contributed by atoms with Gasteiger partial charge < -0.3 is 20.4 Å². The normalized spacial score (nSPS) is 22.6. The summed E-state index contributed by atoms with van der Waals surface area (Å²) in [4.78, 5) is 18.8. The minimum absolute atomic E-state index is 0.0880. The second-order valence-corrected chi connectivity index (χ2v) is 7.03. The topological polar surface area (TPSA) is 107 Å². The van der Waals surface area contributed by atoms with Crippen LogP contribution in [0, 0.1) is 6.92 Å². The van der Waals surface area contributed by atoms with Crippen molar-refractivity contribution in [3.8, 4) is 0 Å². The molecule has 3 N–H and O–H groups in total. The van der Waals surface area contributed by atoms with Crippen LogP contribution in [0.5, 0.6) is 0 Å². The number of nitrogens with one attached hydrogen (secondary N) is 1. The zero-order valence-corrected chi connectivity index (χ0v) is 15.9. The molecule has 8 heteroatoms. The standard InChI is InChI=1S/C12H18N4O.C7H10N2O/c17-8-11-14-5-4-12(15-11)16-9-2-1-3-10(16)7-13-6-9;1-5-3-4-8-7(9-5)6(2)10/h4-5,9-10,13,17H,1-3,6-8H2;3-4,6,10H,1-2H3. The smallest absolute Gasteiger partial charge is 0.156 e. The molecule has 2 saturated heterocycles. The molecule has 3 atom stereocenters. The van der Waals surface area contributed by atoms with Crippen molar-refractivity contribution in [2.24, 2.45) is 0 Å². The lowest BCUT2D eigenvalue weighted by atomic mass is 9.92. The highest BCUT2D eigenvalue weighted by Crippen LogP contribution is 2.29. The van der Waals surface area contributed by atoms with Crippen molar-refractivity contribution in [3.63, 3.8) is 0 Å². The van der Waals surface area contributed by atoms with Crippen LogP contribution in [0.4, 0.5) is 5.82 Å². The van der Waals surface area contributed by atoms with E-state index in [1.807, 2.05) is 13.0 Å². The van der Waals surface area contributed by atoms with Gasteiger partial charge in [-0.05, 0) is 45.2 Å². The van der Waals surface area contributed by atoms with E-state index in [0.717, 1.165) is 24.6 Å². The number of aliphatic hydroxyl groups is 2. The van der Waals surface area contributed by atoms with Crippen LogP contribution in [0.3, 0.4) is 0 Å². The summed E-state index contributed by atoms with van der Waals surface area (Å²) in [5.74, 6) is 1.97. The molecule has 0 aliphatic carbocycles. The van der Waals surface area contributed by atoms with Crippen LogP contribution < -0.4 is 10.2 Å². The van der Waals surface area contributed by atoms with Gasteiger partial charge in [0, 0.05) is 43.3 Å². The Morgan fingerprint density at radius 3 is 2.44 bits per heavy atom. The molecular formula is C19H28N6O2. The lowest BCUT2D eigenvalue weighted by Gasteiger charge is -2.47. The quantitative estimate of drug-likeness (QED) is 0.736. The Morgan fingerprint density at radius 2 is 1.85 bits per heavy atom. The number of hydrogen-bond acceptors (Lipinski definition) is 8. The Bertz CT molecular complexity index is 720. The molecule has 2 aromatic heterocycles. The molecule has 2 aliphatic rings. The number of rotatable bonds is 3. The molecule has 27 heavy (non-hydrogen) atoms. The number of nitrogens with zero attached hydrogens (tertiary/aromatic N) is 5. The summed E-state index contributed by atoms with van der Waals surface area (Å²) >= 11 is 0. The Hall–Kier alpha value is -2.16. The largest absolute Gasteiger partial charge is 0.388 e. The molecule has 8 nitrogen and oxygen atoms in total. The average molecular weight is 372 g/mol. The fraction of sp³-hybridized carbons (Fsp3) is 0.579. The van der Waals surface area contributed by atoms with E-state index in [0.29, 0.717) is 23.7 Å². The Labute approximate surface area is 159 Å². The summed E-state index contributed by atoms with van der Waals surface area (Å²) in [5, 5.41) is 21.6. The molecule has 4 rings (SSSR count). The highest BCUT2D eigenvalue weighted by Gasteiger charge is 2.34. The van der Waals surface area contributed by atoms with Crippen molar-refractivity contribution in [2.45, 2.75) is 57.9 Å². The number of aromatic nitrogens is 4. The molecule has 2 fully saturated rings. The predicted octanol–water partition coefficient (Wildman–Crippen LogP) is 1.14. The lowest BCUT2D eigenvalue weighted by Crippen LogP contribution is -2.60. The summed E-state index contributed by atoms with van der Waals surface area (Å²) in [5.41, 5.74) is 0.880. The first-order valence-electron chi connectivity index (χ1n) is 9.48. The third kappa shape index (κ3) is 4.97. The van der Waals surface area contributed by atoms with Gasteiger partial charge in [0.15, 0.2) is 11.6 Å². The molecule has 146 valence electrons. The van der Waals surface area contributed by atoms with Crippen molar-refractivity contribution < 1.29 is 10.2 Å². The van der Waals surface area contributed by atoms with Gasteiger partial charge in [-0.25, -0.2) is 19.9 Å². The lowest BCUT2D eigenvalue weighted by molar-refractivity contribution is 0.188. The fourth-order valence-corrected chi connectivity index (χ4v) is 3.63. The number of anilines is 1. The molecular weight excluding hydrogens is 344 g/mol. The van der Waals surface area contributed by atoms with Gasteiger partial charge in [-0.3, -0.25) is 0 Å². The third-order valence-electron chi connectivity index (χ3n) is 4.91.